The number of rotatable bonds is 3. The number of methoxy groups -OCH3 is 1. The van der Waals surface area contributed by atoms with E-state index in [4.69, 9.17) is 4.74 Å². The second-order valence-corrected chi connectivity index (χ2v) is 4.67. The molecule has 0 aromatic carbocycles. The monoisotopic (exact) mass is 180 g/mol. The summed E-state index contributed by atoms with van der Waals surface area (Å²) in [6.07, 6.45) is 9.93. The molecule has 0 saturated heterocycles. The first-order chi connectivity index (χ1) is 6.30. The number of allylic oxidation sites excluding steroid dienone is 1. The summed E-state index contributed by atoms with van der Waals surface area (Å²) in [4.78, 5) is 0. The molecule has 1 heteroatoms. The third-order valence-electron chi connectivity index (χ3n) is 4.17. The molecule has 0 aromatic rings. The van der Waals surface area contributed by atoms with E-state index in [1.54, 1.807) is 0 Å². The van der Waals surface area contributed by atoms with Crippen molar-refractivity contribution in [3.63, 3.8) is 0 Å². The zero-order valence-electron chi connectivity index (χ0n) is 8.59. The van der Waals surface area contributed by atoms with Crippen LogP contribution in [0, 0.1) is 11.8 Å². The Bertz CT molecular complexity index is 189. The van der Waals surface area contributed by atoms with Gasteiger partial charge in [0.25, 0.3) is 0 Å². The summed E-state index contributed by atoms with van der Waals surface area (Å²) in [6, 6.07) is 0. The van der Waals surface area contributed by atoms with Crippen molar-refractivity contribution in [1.82, 2.24) is 0 Å². The summed E-state index contributed by atoms with van der Waals surface area (Å²) >= 11 is 0. The molecule has 0 aromatic heterocycles. The van der Waals surface area contributed by atoms with Crippen LogP contribution in [0.25, 0.3) is 0 Å². The zero-order chi connectivity index (χ0) is 9.31. The highest BCUT2D eigenvalue weighted by atomic mass is 16.5. The van der Waals surface area contributed by atoms with Crippen LogP contribution in [0.5, 0.6) is 0 Å². The van der Waals surface area contributed by atoms with Gasteiger partial charge in [0.15, 0.2) is 0 Å². The van der Waals surface area contributed by atoms with Crippen LogP contribution in [0.3, 0.4) is 0 Å². The minimum atomic E-state index is 0.225. The van der Waals surface area contributed by atoms with E-state index in [9.17, 15) is 0 Å². The molecule has 3 aliphatic rings. The molecule has 0 heterocycles. The van der Waals surface area contributed by atoms with Gasteiger partial charge in [-0.3, -0.25) is 0 Å². The number of ether oxygens (including phenoxy) is 1. The third-order valence-corrected chi connectivity index (χ3v) is 4.17. The molecule has 0 spiro atoms. The number of fused-ring (bicyclic) bond motifs is 3. The van der Waals surface area contributed by atoms with Crippen LogP contribution in [0.4, 0.5) is 0 Å². The molecule has 0 N–H and O–H groups in total. The molecule has 3 saturated carbocycles. The molecular formula is C12H20O. The van der Waals surface area contributed by atoms with E-state index in [2.05, 4.69) is 12.7 Å². The van der Waals surface area contributed by atoms with Gasteiger partial charge in [0, 0.05) is 7.11 Å². The van der Waals surface area contributed by atoms with Gasteiger partial charge in [0.2, 0.25) is 0 Å². The van der Waals surface area contributed by atoms with Crippen molar-refractivity contribution >= 4 is 0 Å². The molecule has 3 rings (SSSR count). The first kappa shape index (κ1) is 9.26. The van der Waals surface area contributed by atoms with Crippen LogP contribution >= 0.6 is 0 Å². The summed E-state index contributed by atoms with van der Waals surface area (Å²) in [5, 5.41) is 0. The van der Waals surface area contributed by atoms with Crippen LogP contribution in [0.1, 0.15) is 38.5 Å². The lowest BCUT2D eigenvalue weighted by Gasteiger charge is -2.51. The number of hydrogen-bond acceptors (Lipinski definition) is 1. The molecule has 1 nitrogen and oxygen atoms in total. The van der Waals surface area contributed by atoms with E-state index >= 15 is 0 Å². The Morgan fingerprint density at radius 2 is 2.15 bits per heavy atom. The van der Waals surface area contributed by atoms with E-state index in [1.165, 1.54) is 32.1 Å². The van der Waals surface area contributed by atoms with E-state index in [0.717, 1.165) is 18.3 Å². The fourth-order valence-corrected chi connectivity index (χ4v) is 3.31. The molecule has 13 heavy (non-hydrogen) atoms. The van der Waals surface area contributed by atoms with Crippen LogP contribution in [0.15, 0.2) is 12.7 Å². The highest BCUT2D eigenvalue weighted by Crippen LogP contribution is 2.50. The predicted molar refractivity (Wildman–Crippen MR) is 54.6 cm³/mol. The maximum atomic E-state index is 5.78. The lowest BCUT2D eigenvalue weighted by atomic mass is 9.61. The van der Waals surface area contributed by atoms with Crippen LogP contribution in [-0.2, 0) is 4.74 Å². The summed E-state index contributed by atoms with van der Waals surface area (Å²) < 4.78 is 5.78. The summed E-state index contributed by atoms with van der Waals surface area (Å²) in [7, 11) is 1.89. The van der Waals surface area contributed by atoms with E-state index in [0.29, 0.717) is 0 Å². The SMILES string of the molecule is C=CCC1CC2CCC1(OC)CC2. The third kappa shape index (κ3) is 1.43. The largest absolute Gasteiger partial charge is 0.378 e. The van der Waals surface area contributed by atoms with Gasteiger partial charge < -0.3 is 4.74 Å². The molecule has 2 bridgehead atoms. The molecular weight excluding hydrogens is 160 g/mol. The van der Waals surface area contributed by atoms with Crippen LogP contribution in [-0.4, -0.2) is 12.7 Å². The molecule has 3 aliphatic carbocycles. The van der Waals surface area contributed by atoms with Gasteiger partial charge in [0.1, 0.15) is 0 Å². The summed E-state index contributed by atoms with van der Waals surface area (Å²) in [6.45, 7) is 3.85. The molecule has 1 unspecified atom stereocenters. The van der Waals surface area contributed by atoms with Gasteiger partial charge in [0.05, 0.1) is 5.60 Å². The lowest BCUT2D eigenvalue weighted by Crippen LogP contribution is -2.49. The Kier molecular flexibility index (Phi) is 2.46. The molecule has 1 atom stereocenters. The molecule has 74 valence electrons. The average Bonchev–Trinajstić information content (AvgIpc) is 2.20. The van der Waals surface area contributed by atoms with Crippen molar-refractivity contribution in [1.29, 1.82) is 0 Å². The normalized spacial score (nSPS) is 43.5. The average molecular weight is 180 g/mol. The zero-order valence-corrected chi connectivity index (χ0v) is 8.59. The summed E-state index contributed by atoms with van der Waals surface area (Å²) in [5.41, 5.74) is 0.225. The van der Waals surface area contributed by atoms with E-state index in [-0.39, 0.29) is 5.60 Å². The van der Waals surface area contributed by atoms with Gasteiger partial charge in [-0.2, -0.15) is 0 Å². The van der Waals surface area contributed by atoms with Gasteiger partial charge in [-0.15, -0.1) is 6.58 Å². The smallest absolute Gasteiger partial charge is 0.0710 e. The van der Waals surface area contributed by atoms with Gasteiger partial charge >= 0.3 is 0 Å². The first-order valence-electron chi connectivity index (χ1n) is 5.47. The maximum Gasteiger partial charge on any atom is 0.0710 e. The topological polar surface area (TPSA) is 9.23 Å². The fourth-order valence-electron chi connectivity index (χ4n) is 3.31. The van der Waals surface area contributed by atoms with E-state index in [1.807, 2.05) is 7.11 Å². The minimum Gasteiger partial charge on any atom is -0.378 e. The Balaban J connectivity index is 2.13. The Hall–Kier alpha value is -0.300. The molecule has 0 amide bonds. The lowest BCUT2D eigenvalue weighted by molar-refractivity contribution is -0.129. The second-order valence-electron chi connectivity index (χ2n) is 4.67. The Labute approximate surface area is 81.2 Å². The Morgan fingerprint density at radius 1 is 1.46 bits per heavy atom. The van der Waals surface area contributed by atoms with Crippen molar-refractivity contribution in [2.24, 2.45) is 11.8 Å². The van der Waals surface area contributed by atoms with Crippen molar-refractivity contribution < 1.29 is 4.74 Å². The predicted octanol–water partition coefficient (Wildman–Crippen LogP) is 3.16. The van der Waals surface area contributed by atoms with Gasteiger partial charge in [-0.25, -0.2) is 0 Å². The maximum absolute atomic E-state index is 5.78. The number of hydrogen-bond donors (Lipinski definition) is 0. The molecule has 0 radical (unpaired) electrons. The highest BCUT2D eigenvalue weighted by molar-refractivity contribution is 5.00. The highest BCUT2D eigenvalue weighted by Gasteiger charge is 2.47. The fraction of sp³-hybridized carbons (Fsp3) is 0.833. The van der Waals surface area contributed by atoms with E-state index < -0.39 is 0 Å². The molecule has 3 fully saturated rings. The van der Waals surface area contributed by atoms with Crippen LogP contribution in [0.2, 0.25) is 0 Å². The quantitative estimate of drug-likeness (QED) is 0.606. The Morgan fingerprint density at radius 3 is 2.69 bits per heavy atom. The van der Waals surface area contributed by atoms with Crippen molar-refractivity contribution in [2.75, 3.05) is 7.11 Å². The van der Waals surface area contributed by atoms with Crippen molar-refractivity contribution in [2.45, 2.75) is 44.1 Å². The van der Waals surface area contributed by atoms with Crippen molar-refractivity contribution in [3.05, 3.63) is 12.7 Å². The minimum absolute atomic E-state index is 0.225. The van der Waals surface area contributed by atoms with Gasteiger partial charge in [-0.05, 0) is 50.4 Å². The first-order valence-corrected chi connectivity index (χ1v) is 5.47. The molecule has 0 aliphatic heterocycles. The summed E-state index contributed by atoms with van der Waals surface area (Å²) in [5.74, 6) is 1.74. The van der Waals surface area contributed by atoms with Crippen LogP contribution < -0.4 is 0 Å². The van der Waals surface area contributed by atoms with Gasteiger partial charge in [-0.1, -0.05) is 6.08 Å². The second kappa shape index (κ2) is 3.45. The van der Waals surface area contributed by atoms with Crippen molar-refractivity contribution in [3.8, 4) is 0 Å². The standard InChI is InChI=1S/C12H20O/c1-3-4-11-9-10-5-7-12(11,13-2)8-6-10/h3,10-11H,1,4-9H2,2H3.